The molecule has 3 rings (SSSR count). The van der Waals surface area contributed by atoms with Gasteiger partial charge < -0.3 is 10.1 Å². The van der Waals surface area contributed by atoms with E-state index >= 15 is 0 Å². The number of hydrogen-bond donors (Lipinski definition) is 1. The molecule has 2 aromatic carbocycles. The summed E-state index contributed by atoms with van der Waals surface area (Å²) >= 11 is 0.432. The zero-order chi connectivity index (χ0) is 18.4. The normalized spacial score (nSPS) is 10.6. The molecule has 1 N–H and O–H groups in total. The van der Waals surface area contributed by atoms with E-state index in [1.165, 1.54) is 6.07 Å². The monoisotopic (exact) mass is 372 g/mol. The van der Waals surface area contributed by atoms with Crippen molar-refractivity contribution in [3.05, 3.63) is 78.6 Å². The first-order chi connectivity index (χ1) is 12.6. The minimum atomic E-state index is -2.51. The molecule has 0 aliphatic carbocycles. The fourth-order valence-corrected chi connectivity index (χ4v) is 2.73. The average molecular weight is 372 g/mol. The Bertz CT molecular complexity index is 874. The number of rotatable bonds is 6. The topological polar surface area (TPSA) is 51.2 Å². The Morgan fingerprint density at radius 2 is 1.85 bits per heavy atom. The minimum Gasteiger partial charge on any atom is -0.456 e. The molecular weight excluding hydrogens is 358 g/mol. The molecule has 0 radical (unpaired) electrons. The smallest absolute Gasteiger partial charge is 0.288 e. The van der Waals surface area contributed by atoms with Gasteiger partial charge in [-0.15, -0.1) is 0 Å². The van der Waals surface area contributed by atoms with E-state index in [1.54, 1.807) is 67.0 Å². The lowest BCUT2D eigenvalue weighted by Gasteiger charge is -2.08. The van der Waals surface area contributed by atoms with Crippen LogP contribution in [-0.2, 0) is 0 Å². The van der Waals surface area contributed by atoms with Gasteiger partial charge in [0.1, 0.15) is 11.5 Å². The number of nitrogens with zero attached hydrogens (tertiary/aromatic N) is 1. The van der Waals surface area contributed by atoms with Gasteiger partial charge in [0.25, 0.3) is 11.7 Å². The Labute approximate surface area is 153 Å². The number of carbonyl (C=O) groups is 1. The van der Waals surface area contributed by atoms with Crippen LogP contribution in [0.1, 0.15) is 10.4 Å². The third-order valence-corrected chi connectivity index (χ3v) is 4.01. The minimum absolute atomic E-state index is 0.336. The summed E-state index contributed by atoms with van der Waals surface area (Å²) in [7, 11) is 0. The summed E-state index contributed by atoms with van der Waals surface area (Å²) in [5.41, 5.74) is 0.881. The van der Waals surface area contributed by atoms with Gasteiger partial charge in [0, 0.05) is 22.3 Å². The number of thioether (sulfide) groups is 1. The third-order valence-electron chi connectivity index (χ3n) is 3.30. The second-order valence-corrected chi connectivity index (χ2v) is 6.24. The van der Waals surface area contributed by atoms with Crippen LogP contribution in [0.2, 0.25) is 0 Å². The van der Waals surface area contributed by atoms with Gasteiger partial charge in [-0.3, -0.25) is 9.78 Å². The molecule has 0 saturated heterocycles. The highest BCUT2D eigenvalue weighted by Gasteiger charge is 2.09. The van der Waals surface area contributed by atoms with E-state index in [4.69, 9.17) is 4.74 Å². The third kappa shape index (κ3) is 5.03. The number of ether oxygens (including phenoxy) is 1. The van der Waals surface area contributed by atoms with E-state index in [2.05, 4.69) is 10.3 Å². The molecule has 4 nitrogen and oxygen atoms in total. The first-order valence-corrected chi connectivity index (χ1v) is 8.52. The van der Waals surface area contributed by atoms with E-state index in [1.807, 2.05) is 0 Å². The maximum atomic E-state index is 12.4. The molecule has 0 saturated carbocycles. The van der Waals surface area contributed by atoms with Crippen LogP contribution < -0.4 is 10.1 Å². The Kier molecular flexibility index (Phi) is 5.80. The summed E-state index contributed by atoms with van der Waals surface area (Å²) in [5.74, 6) is -1.67. The number of alkyl halides is 2. The Morgan fingerprint density at radius 3 is 2.54 bits per heavy atom. The first kappa shape index (κ1) is 17.9. The van der Waals surface area contributed by atoms with E-state index in [0.29, 0.717) is 39.4 Å². The van der Waals surface area contributed by atoms with Crippen molar-refractivity contribution >= 4 is 23.4 Å². The lowest BCUT2D eigenvalue weighted by atomic mass is 10.2. The van der Waals surface area contributed by atoms with E-state index in [9.17, 15) is 13.6 Å². The summed E-state index contributed by atoms with van der Waals surface area (Å²) < 4.78 is 30.5. The van der Waals surface area contributed by atoms with Crippen LogP contribution in [0, 0.1) is 0 Å². The molecule has 0 aliphatic heterocycles. The van der Waals surface area contributed by atoms with Gasteiger partial charge in [-0.05, 0) is 54.6 Å². The van der Waals surface area contributed by atoms with Gasteiger partial charge in [-0.25, -0.2) is 0 Å². The van der Waals surface area contributed by atoms with Crippen LogP contribution in [0.25, 0.3) is 0 Å². The van der Waals surface area contributed by atoms with Crippen LogP contribution in [0.15, 0.2) is 78.0 Å². The zero-order valence-corrected chi connectivity index (χ0v) is 14.2. The summed E-state index contributed by atoms with van der Waals surface area (Å²) in [6, 6.07) is 16.5. The molecule has 0 atom stereocenters. The van der Waals surface area contributed by atoms with Gasteiger partial charge in [0.15, 0.2) is 0 Å². The molecule has 0 unspecified atom stereocenters. The highest BCUT2D eigenvalue weighted by Crippen LogP contribution is 2.27. The Morgan fingerprint density at radius 1 is 1.04 bits per heavy atom. The Balaban J connectivity index is 1.65. The molecule has 3 aromatic rings. The summed E-state index contributed by atoms with van der Waals surface area (Å²) in [6.07, 6.45) is 3.24. The zero-order valence-electron chi connectivity index (χ0n) is 13.4. The molecule has 1 amide bonds. The molecule has 1 heterocycles. The van der Waals surface area contributed by atoms with Crippen LogP contribution in [-0.4, -0.2) is 16.6 Å². The number of halogens is 2. The number of hydrogen-bond acceptors (Lipinski definition) is 4. The molecule has 0 spiro atoms. The number of carbonyl (C=O) groups excluding carboxylic acids is 1. The molecule has 132 valence electrons. The lowest BCUT2D eigenvalue weighted by molar-refractivity contribution is 0.102. The SMILES string of the molecule is O=C(Nc1cccc(SC(F)F)c1)c1ccc(Oc2cccnc2)cc1. The van der Waals surface area contributed by atoms with Gasteiger partial charge in [0.2, 0.25) is 0 Å². The molecular formula is C19H14F2N2O2S. The van der Waals surface area contributed by atoms with Crippen LogP contribution in [0.5, 0.6) is 11.5 Å². The van der Waals surface area contributed by atoms with Crippen LogP contribution >= 0.6 is 11.8 Å². The number of nitrogens with one attached hydrogen (secondary N) is 1. The van der Waals surface area contributed by atoms with Gasteiger partial charge in [-0.1, -0.05) is 17.8 Å². The number of anilines is 1. The average Bonchev–Trinajstić information content (AvgIpc) is 2.63. The standard InChI is InChI=1S/C19H14F2N2O2S/c20-19(21)26-17-5-1-3-14(11-17)23-18(24)13-6-8-15(9-7-13)25-16-4-2-10-22-12-16/h1-12,19H,(H,23,24). The van der Waals surface area contributed by atoms with Crippen molar-refractivity contribution in [2.24, 2.45) is 0 Å². The predicted molar refractivity (Wildman–Crippen MR) is 97.0 cm³/mol. The van der Waals surface area contributed by atoms with Crippen molar-refractivity contribution in [3.63, 3.8) is 0 Å². The highest BCUT2D eigenvalue weighted by atomic mass is 32.2. The van der Waals surface area contributed by atoms with Crippen molar-refractivity contribution in [1.82, 2.24) is 4.98 Å². The van der Waals surface area contributed by atoms with Crippen molar-refractivity contribution in [2.75, 3.05) is 5.32 Å². The first-order valence-electron chi connectivity index (χ1n) is 7.64. The fourth-order valence-electron chi connectivity index (χ4n) is 2.17. The fraction of sp³-hybridized carbons (Fsp3) is 0.0526. The quantitative estimate of drug-likeness (QED) is 0.585. The summed E-state index contributed by atoms with van der Waals surface area (Å²) in [6.45, 7) is 0. The Hall–Kier alpha value is -2.93. The number of aromatic nitrogens is 1. The maximum absolute atomic E-state index is 12.4. The van der Waals surface area contributed by atoms with Crippen molar-refractivity contribution in [3.8, 4) is 11.5 Å². The number of pyridine rings is 1. The van der Waals surface area contributed by atoms with Crippen molar-refractivity contribution in [1.29, 1.82) is 0 Å². The number of benzene rings is 2. The second kappa shape index (κ2) is 8.44. The molecule has 1 aromatic heterocycles. The number of amides is 1. The van der Waals surface area contributed by atoms with Gasteiger partial charge >= 0.3 is 0 Å². The van der Waals surface area contributed by atoms with Crippen molar-refractivity contribution in [2.45, 2.75) is 10.7 Å². The van der Waals surface area contributed by atoms with E-state index in [-0.39, 0.29) is 5.91 Å². The van der Waals surface area contributed by atoms with Gasteiger partial charge in [0.05, 0.1) is 6.20 Å². The largest absolute Gasteiger partial charge is 0.456 e. The van der Waals surface area contributed by atoms with E-state index in [0.717, 1.165) is 0 Å². The summed E-state index contributed by atoms with van der Waals surface area (Å²) in [5, 5.41) is 2.69. The van der Waals surface area contributed by atoms with Crippen LogP contribution in [0.3, 0.4) is 0 Å². The van der Waals surface area contributed by atoms with Gasteiger partial charge in [-0.2, -0.15) is 8.78 Å². The molecule has 7 heteroatoms. The molecule has 0 fully saturated rings. The second-order valence-electron chi connectivity index (χ2n) is 5.18. The molecule has 0 bridgehead atoms. The molecule has 26 heavy (non-hydrogen) atoms. The predicted octanol–water partition coefficient (Wildman–Crippen LogP) is 5.44. The summed E-state index contributed by atoms with van der Waals surface area (Å²) in [4.78, 5) is 16.6. The molecule has 0 aliphatic rings. The lowest BCUT2D eigenvalue weighted by Crippen LogP contribution is -2.11. The van der Waals surface area contributed by atoms with Crippen molar-refractivity contribution < 1.29 is 18.3 Å². The maximum Gasteiger partial charge on any atom is 0.288 e. The highest BCUT2D eigenvalue weighted by molar-refractivity contribution is 7.99. The van der Waals surface area contributed by atoms with E-state index < -0.39 is 5.76 Å². The van der Waals surface area contributed by atoms with Crippen LogP contribution in [0.4, 0.5) is 14.5 Å².